The molecule has 0 atom stereocenters. The van der Waals surface area contributed by atoms with Crippen molar-refractivity contribution in [2.45, 2.75) is 20.0 Å². The number of anilines is 1. The first-order chi connectivity index (χ1) is 16.5. The molecule has 0 radical (unpaired) electrons. The zero-order valence-corrected chi connectivity index (χ0v) is 19.8. The highest BCUT2D eigenvalue weighted by atomic mass is 32.1. The van der Waals surface area contributed by atoms with Crippen LogP contribution in [0, 0.1) is 6.92 Å². The van der Waals surface area contributed by atoms with Crippen LogP contribution in [0.1, 0.15) is 10.4 Å². The predicted molar refractivity (Wildman–Crippen MR) is 132 cm³/mol. The first kappa shape index (κ1) is 20.9. The van der Waals surface area contributed by atoms with Crippen molar-refractivity contribution in [3.63, 3.8) is 0 Å². The summed E-state index contributed by atoms with van der Waals surface area (Å²) in [5.41, 5.74) is 1.53. The van der Waals surface area contributed by atoms with E-state index in [9.17, 15) is 14.4 Å². The van der Waals surface area contributed by atoms with Crippen LogP contribution >= 0.6 is 22.7 Å². The van der Waals surface area contributed by atoms with Gasteiger partial charge in [0, 0.05) is 4.88 Å². The summed E-state index contributed by atoms with van der Waals surface area (Å²) in [6.45, 7) is 2.76. The lowest BCUT2D eigenvalue weighted by Crippen LogP contribution is -2.41. The van der Waals surface area contributed by atoms with Crippen LogP contribution in [0.5, 0.6) is 5.75 Å². The topological polar surface area (TPSA) is 90.8 Å². The fourth-order valence-electron chi connectivity index (χ4n) is 4.24. The van der Waals surface area contributed by atoms with Crippen LogP contribution in [0.2, 0.25) is 0 Å². The number of carbonyl (C=O) groups is 1. The maximum Gasteiger partial charge on any atom is 0.352 e. The molecule has 1 aliphatic heterocycles. The van der Waals surface area contributed by atoms with Gasteiger partial charge in [0.15, 0.2) is 0 Å². The Bertz CT molecular complexity index is 1680. The van der Waals surface area contributed by atoms with Gasteiger partial charge in [0.2, 0.25) is 11.7 Å². The quantitative estimate of drug-likeness (QED) is 0.384. The fourth-order valence-corrected chi connectivity index (χ4v) is 5.75. The number of nitrogens with zero attached hydrogens (tertiary/aromatic N) is 5. The van der Waals surface area contributed by atoms with Crippen molar-refractivity contribution >= 4 is 50.3 Å². The van der Waals surface area contributed by atoms with E-state index < -0.39 is 5.69 Å². The van der Waals surface area contributed by atoms with Gasteiger partial charge < -0.3 is 9.64 Å². The van der Waals surface area contributed by atoms with Crippen molar-refractivity contribution in [2.75, 3.05) is 18.1 Å². The number of aryl methyl sites for hydroxylation is 1. The number of thiophene rings is 2. The molecule has 0 spiro atoms. The maximum absolute atomic E-state index is 13.4. The average molecular weight is 494 g/mol. The van der Waals surface area contributed by atoms with Gasteiger partial charge in [0.05, 0.1) is 24.3 Å². The van der Waals surface area contributed by atoms with E-state index in [1.165, 1.54) is 31.6 Å². The average Bonchev–Trinajstić information content (AvgIpc) is 3.57. The van der Waals surface area contributed by atoms with E-state index in [4.69, 9.17) is 4.74 Å². The van der Waals surface area contributed by atoms with Gasteiger partial charge in [0.25, 0.3) is 5.56 Å². The van der Waals surface area contributed by atoms with E-state index >= 15 is 0 Å². The van der Waals surface area contributed by atoms with Crippen molar-refractivity contribution in [3.8, 4) is 5.75 Å². The Morgan fingerprint density at radius 1 is 1.15 bits per heavy atom. The molecule has 0 fully saturated rings. The number of hydrogen-bond acceptors (Lipinski definition) is 7. The summed E-state index contributed by atoms with van der Waals surface area (Å²) in [6.07, 6.45) is 0. The molecule has 5 heterocycles. The SMILES string of the molecule is Cc1ccc2c(c1)N(C(=O)Cn1nc3n(Cc4cccs4)c(=O)c4sccc4n3c1=O)CCO2. The molecule has 0 saturated heterocycles. The zero-order valence-electron chi connectivity index (χ0n) is 18.1. The molecule has 11 heteroatoms. The lowest BCUT2D eigenvalue weighted by molar-refractivity contribution is -0.119. The Hall–Kier alpha value is -3.70. The Balaban J connectivity index is 1.45. The van der Waals surface area contributed by atoms with Gasteiger partial charge in [-0.25, -0.2) is 13.9 Å². The van der Waals surface area contributed by atoms with Gasteiger partial charge in [0.1, 0.15) is 23.6 Å². The number of rotatable bonds is 4. The zero-order chi connectivity index (χ0) is 23.4. The van der Waals surface area contributed by atoms with Gasteiger partial charge in [-0.3, -0.25) is 14.2 Å². The molecule has 0 N–H and O–H groups in total. The van der Waals surface area contributed by atoms with Crippen LogP contribution < -0.4 is 20.9 Å². The van der Waals surface area contributed by atoms with E-state index in [0.717, 1.165) is 15.1 Å². The first-order valence-corrected chi connectivity index (χ1v) is 12.4. The number of aromatic nitrogens is 4. The number of fused-ring (bicyclic) bond motifs is 4. The smallest absolute Gasteiger partial charge is 0.352 e. The number of hydrogen-bond donors (Lipinski definition) is 0. The van der Waals surface area contributed by atoms with E-state index in [1.54, 1.807) is 16.3 Å². The highest BCUT2D eigenvalue weighted by Gasteiger charge is 2.26. The standard InChI is InChI=1S/C23H19N5O4S2/c1-14-4-5-18-17(11-14)25(7-8-32-18)19(29)13-27-23(31)28-16-6-10-34-20(16)21(30)26(22(28)24-27)12-15-3-2-9-33-15/h2-6,9-11H,7-8,12-13H2,1H3. The van der Waals surface area contributed by atoms with Crippen LogP contribution in [0.3, 0.4) is 0 Å². The van der Waals surface area contributed by atoms with Crippen molar-refractivity contribution < 1.29 is 9.53 Å². The normalized spacial score (nSPS) is 13.4. The minimum absolute atomic E-state index is 0.202. The fraction of sp³-hybridized carbons (Fsp3) is 0.217. The summed E-state index contributed by atoms with van der Waals surface area (Å²) in [6, 6.07) is 11.3. The maximum atomic E-state index is 13.4. The molecule has 0 unspecified atom stereocenters. The molecule has 6 rings (SSSR count). The molecule has 9 nitrogen and oxygen atoms in total. The van der Waals surface area contributed by atoms with Gasteiger partial charge in [-0.1, -0.05) is 12.1 Å². The van der Waals surface area contributed by atoms with Gasteiger partial charge in [-0.05, 0) is 47.5 Å². The van der Waals surface area contributed by atoms with Crippen LogP contribution in [0.15, 0.2) is 56.7 Å². The summed E-state index contributed by atoms with van der Waals surface area (Å²) in [7, 11) is 0. The molecule has 1 aliphatic rings. The molecule has 1 amide bonds. The second-order valence-electron chi connectivity index (χ2n) is 8.05. The van der Waals surface area contributed by atoms with Gasteiger partial charge >= 0.3 is 5.69 Å². The molecule has 0 saturated carbocycles. The number of carbonyl (C=O) groups excluding carboxylic acids is 1. The number of ether oxygens (including phenoxy) is 1. The largest absolute Gasteiger partial charge is 0.490 e. The Kier molecular flexibility index (Phi) is 4.89. The summed E-state index contributed by atoms with van der Waals surface area (Å²) in [4.78, 5) is 42.5. The molecular weight excluding hydrogens is 474 g/mol. The monoisotopic (exact) mass is 493 g/mol. The second-order valence-corrected chi connectivity index (χ2v) is 9.99. The Morgan fingerprint density at radius 2 is 2.03 bits per heavy atom. The molecule has 1 aromatic carbocycles. The summed E-state index contributed by atoms with van der Waals surface area (Å²) >= 11 is 2.81. The van der Waals surface area contributed by atoms with Crippen molar-refractivity contribution in [1.82, 2.24) is 18.7 Å². The molecule has 172 valence electrons. The van der Waals surface area contributed by atoms with Crippen molar-refractivity contribution in [1.29, 1.82) is 0 Å². The summed E-state index contributed by atoms with van der Waals surface area (Å²) < 4.78 is 10.2. The third kappa shape index (κ3) is 3.27. The van der Waals surface area contributed by atoms with Crippen molar-refractivity contribution in [2.24, 2.45) is 0 Å². The first-order valence-electron chi connectivity index (χ1n) is 10.7. The highest BCUT2D eigenvalue weighted by molar-refractivity contribution is 7.17. The molecule has 4 aromatic heterocycles. The third-order valence-corrected chi connectivity index (χ3v) is 7.60. The third-order valence-electron chi connectivity index (χ3n) is 5.85. The van der Waals surface area contributed by atoms with E-state index in [1.807, 2.05) is 42.6 Å². The van der Waals surface area contributed by atoms with Crippen LogP contribution in [0.25, 0.3) is 16.0 Å². The lowest BCUT2D eigenvalue weighted by atomic mass is 10.1. The van der Waals surface area contributed by atoms with Gasteiger partial charge in [-0.15, -0.1) is 27.8 Å². The minimum atomic E-state index is -0.454. The van der Waals surface area contributed by atoms with Crippen molar-refractivity contribution in [3.05, 3.63) is 78.4 Å². The highest BCUT2D eigenvalue weighted by Crippen LogP contribution is 2.32. The Labute approximate surface area is 200 Å². The predicted octanol–water partition coefficient (Wildman–Crippen LogP) is 2.72. The second kappa shape index (κ2) is 7.96. The summed E-state index contributed by atoms with van der Waals surface area (Å²) in [5.74, 6) is 0.590. The van der Waals surface area contributed by atoms with Crippen LogP contribution in [-0.2, 0) is 17.9 Å². The number of amides is 1. The minimum Gasteiger partial charge on any atom is -0.490 e. The summed E-state index contributed by atoms with van der Waals surface area (Å²) in [5, 5.41) is 8.17. The lowest BCUT2D eigenvalue weighted by Gasteiger charge is -2.29. The molecule has 5 aromatic rings. The molecule has 0 bridgehead atoms. The van der Waals surface area contributed by atoms with Gasteiger partial charge in [-0.2, -0.15) is 0 Å². The Morgan fingerprint density at radius 3 is 2.85 bits per heavy atom. The number of benzene rings is 1. The van der Waals surface area contributed by atoms with E-state index in [-0.39, 0.29) is 23.8 Å². The van der Waals surface area contributed by atoms with Crippen LogP contribution in [-0.4, -0.2) is 37.8 Å². The van der Waals surface area contributed by atoms with E-state index in [2.05, 4.69) is 5.10 Å². The molecule has 0 aliphatic carbocycles. The van der Waals surface area contributed by atoms with E-state index in [0.29, 0.717) is 41.3 Å². The molecule has 34 heavy (non-hydrogen) atoms. The molecular formula is C23H19N5O4S2. The van der Waals surface area contributed by atoms with Crippen LogP contribution in [0.4, 0.5) is 5.69 Å².